The first kappa shape index (κ1) is 12.1. The van der Waals surface area contributed by atoms with Crippen molar-refractivity contribution in [3.63, 3.8) is 0 Å². The average molecular weight is 237 g/mol. The van der Waals surface area contributed by atoms with Crippen molar-refractivity contribution in [3.05, 3.63) is 18.0 Å². The van der Waals surface area contributed by atoms with Crippen LogP contribution in [0.25, 0.3) is 0 Å². The fraction of sp³-hybridized carbons (Fsp3) is 0.667. The van der Waals surface area contributed by atoms with Crippen LogP contribution in [0.15, 0.2) is 12.3 Å². The summed E-state index contributed by atoms with van der Waals surface area (Å²) in [5.74, 6) is -0.507. The highest BCUT2D eigenvalue weighted by molar-refractivity contribution is 5.74. The Morgan fingerprint density at radius 1 is 1.65 bits per heavy atom. The third-order valence-electron chi connectivity index (χ3n) is 3.78. The number of aryl methyl sites for hydroxylation is 1. The molecule has 0 aromatic carbocycles. The second kappa shape index (κ2) is 4.49. The summed E-state index contributed by atoms with van der Waals surface area (Å²) in [6, 6.07) is 1.67. The van der Waals surface area contributed by atoms with E-state index in [1.807, 2.05) is 31.6 Å². The molecule has 5 nitrogen and oxygen atoms in total. The summed E-state index contributed by atoms with van der Waals surface area (Å²) >= 11 is 0. The van der Waals surface area contributed by atoms with Gasteiger partial charge in [0.1, 0.15) is 6.04 Å². The zero-order valence-corrected chi connectivity index (χ0v) is 10.5. The van der Waals surface area contributed by atoms with Gasteiger partial charge in [-0.15, -0.1) is 0 Å². The van der Waals surface area contributed by atoms with Gasteiger partial charge in [-0.25, -0.2) is 0 Å². The van der Waals surface area contributed by atoms with Crippen LogP contribution in [0.5, 0.6) is 0 Å². The quantitative estimate of drug-likeness (QED) is 0.860. The molecule has 1 saturated heterocycles. The van der Waals surface area contributed by atoms with Crippen LogP contribution in [0.4, 0.5) is 0 Å². The minimum Gasteiger partial charge on any atom is -0.480 e. The second-order valence-electron chi connectivity index (χ2n) is 4.84. The fourth-order valence-corrected chi connectivity index (χ4v) is 2.76. The SMILES string of the molecule is CC1CCN(C(C)c2ccnn2C)C1C(=O)O. The molecule has 3 unspecified atom stereocenters. The number of hydrogen-bond acceptors (Lipinski definition) is 3. The van der Waals surface area contributed by atoms with Crippen molar-refractivity contribution in [1.29, 1.82) is 0 Å². The number of nitrogens with zero attached hydrogens (tertiary/aromatic N) is 3. The van der Waals surface area contributed by atoms with Crippen molar-refractivity contribution >= 4 is 5.97 Å². The van der Waals surface area contributed by atoms with E-state index >= 15 is 0 Å². The average Bonchev–Trinajstić information content (AvgIpc) is 2.83. The first-order valence-electron chi connectivity index (χ1n) is 5.99. The van der Waals surface area contributed by atoms with Crippen molar-refractivity contribution < 1.29 is 9.90 Å². The molecule has 2 rings (SSSR count). The number of carbonyl (C=O) groups is 1. The summed E-state index contributed by atoms with van der Waals surface area (Å²) in [6.45, 7) is 4.89. The lowest BCUT2D eigenvalue weighted by Gasteiger charge is -2.29. The molecule has 5 heteroatoms. The molecule has 0 saturated carbocycles. The number of likely N-dealkylation sites (tertiary alicyclic amines) is 1. The normalized spacial score (nSPS) is 27.2. The van der Waals surface area contributed by atoms with Crippen LogP contribution in [0.2, 0.25) is 0 Å². The molecule has 0 bridgehead atoms. The van der Waals surface area contributed by atoms with Crippen LogP contribution in [0.3, 0.4) is 0 Å². The Bertz CT molecular complexity index is 416. The first-order chi connectivity index (χ1) is 8.02. The highest BCUT2D eigenvalue weighted by atomic mass is 16.4. The molecule has 1 fully saturated rings. The summed E-state index contributed by atoms with van der Waals surface area (Å²) in [4.78, 5) is 13.4. The van der Waals surface area contributed by atoms with Gasteiger partial charge in [0, 0.05) is 19.3 Å². The van der Waals surface area contributed by atoms with E-state index in [0.29, 0.717) is 0 Å². The highest BCUT2D eigenvalue weighted by Gasteiger charge is 2.39. The largest absolute Gasteiger partial charge is 0.480 e. The molecule has 0 amide bonds. The van der Waals surface area contributed by atoms with E-state index in [0.717, 1.165) is 18.7 Å². The standard InChI is InChI=1S/C12H19N3O2/c1-8-5-7-15(11(8)12(16)17)9(2)10-4-6-13-14(10)3/h4,6,8-9,11H,5,7H2,1-3H3,(H,16,17). The fourth-order valence-electron chi connectivity index (χ4n) is 2.76. The molecule has 3 atom stereocenters. The summed E-state index contributed by atoms with van der Waals surface area (Å²) < 4.78 is 1.81. The predicted octanol–water partition coefficient (Wildman–Crippen LogP) is 1.28. The maximum Gasteiger partial charge on any atom is 0.321 e. The predicted molar refractivity (Wildman–Crippen MR) is 63.5 cm³/mol. The summed E-state index contributed by atoms with van der Waals surface area (Å²) in [7, 11) is 1.89. The maximum atomic E-state index is 11.3. The van der Waals surface area contributed by atoms with E-state index in [1.54, 1.807) is 6.20 Å². The van der Waals surface area contributed by atoms with Gasteiger partial charge in [0.15, 0.2) is 0 Å². The summed E-state index contributed by atoms with van der Waals surface area (Å²) in [5, 5.41) is 13.4. The van der Waals surface area contributed by atoms with Crippen molar-refractivity contribution in [2.75, 3.05) is 6.54 Å². The Morgan fingerprint density at radius 3 is 2.88 bits per heavy atom. The second-order valence-corrected chi connectivity index (χ2v) is 4.84. The van der Waals surface area contributed by atoms with Crippen LogP contribution in [0, 0.1) is 5.92 Å². The lowest BCUT2D eigenvalue weighted by molar-refractivity contribution is -0.144. The molecular weight excluding hydrogens is 218 g/mol. The van der Waals surface area contributed by atoms with Gasteiger partial charge < -0.3 is 5.11 Å². The van der Waals surface area contributed by atoms with Crippen molar-refractivity contribution in [2.24, 2.45) is 13.0 Å². The molecule has 0 radical (unpaired) electrons. The number of rotatable bonds is 3. The topological polar surface area (TPSA) is 58.4 Å². The van der Waals surface area contributed by atoms with E-state index in [9.17, 15) is 9.90 Å². The van der Waals surface area contributed by atoms with Crippen LogP contribution in [0.1, 0.15) is 32.0 Å². The number of carboxylic acid groups (broad SMARTS) is 1. The smallest absolute Gasteiger partial charge is 0.321 e. The van der Waals surface area contributed by atoms with E-state index in [-0.39, 0.29) is 18.0 Å². The van der Waals surface area contributed by atoms with Crippen LogP contribution < -0.4 is 0 Å². The van der Waals surface area contributed by atoms with Crippen LogP contribution >= 0.6 is 0 Å². The molecule has 1 aliphatic heterocycles. The highest BCUT2D eigenvalue weighted by Crippen LogP contribution is 2.32. The monoisotopic (exact) mass is 237 g/mol. The Kier molecular flexibility index (Phi) is 3.19. The zero-order chi connectivity index (χ0) is 12.6. The van der Waals surface area contributed by atoms with Gasteiger partial charge in [-0.3, -0.25) is 14.4 Å². The van der Waals surface area contributed by atoms with E-state index in [2.05, 4.69) is 10.00 Å². The van der Waals surface area contributed by atoms with Gasteiger partial charge in [-0.2, -0.15) is 5.10 Å². The van der Waals surface area contributed by atoms with Gasteiger partial charge in [-0.1, -0.05) is 6.92 Å². The van der Waals surface area contributed by atoms with Crippen LogP contribution in [-0.2, 0) is 11.8 Å². The van der Waals surface area contributed by atoms with Gasteiger partial charge in [0.05, 0.1) is 5.69 Å². The molecule has 0 aliphatic carbocycles. The van der Waals surface area contributed by atoms with Crippen molar-refractivity contribution in [1.82, 2.24) is 14.7 Å². The molecule has 0 spiro atoms. The third-order valence-corrected chi connectivity index (χ3v) is 3.78. The molecule has 1 aromatic rings. The van der Waals surface area contributed by atoms with Gasteiger partial charge >= 0.3 is 5.97 Å². The first-order valence-corrected chi connectivity index (χ1v) is 5.99. The van der Waals surface area contributed by atoms with Gasteiger partial charge in [-0.05, 0) is 31.9 Å². The van der Waals surface area contributed by atoms with Gasteiger partial charge in [0.25, 0.3) is 0 Å². The Morgan fingerprint density at radius 2 is 2.35 bits per heavy atom. The lowest BCUT2D eigenvalue weighted by Crippen LogP contribution is -2.40. The van der Waals surface area contributed by atoms with Gasteiger partial charge in [0.2, 0.25) is 0 Å². The van der Waals surface area contributed by atoms with Crippen molar-refractivity contribution in [3.8, 4) is 0 Å². The molecule has 2 heterocycles. The number of aromatic nitrogens is 2. The Labute approximate surface area is 101 Å². The molecule has 17 heavy (non-hydrogen) atoms. The lowest BCUT2D eigenvalue weighted by atomic mass is 10.0. The minimum absolute atomic E-state index is 0.0912. The molecule has 1 N–H and O–H groups in total. The van der Waals surface area contributed by atoms with E-state index in [4.69, 9.17) is 0 Å². The number of carboxylic acids is 1. The maximum absolute atomic E-state index is 11.3. The van der Waals surface area contributed by atoms with E-state index < -0.39 is 5.97 Å². The third kappa shape index (κ3) is 2.07. The van der Waals surface area contributed by atoms with Crippen LogP contribution in [-0.4, -0.2) is 38.3 Å². The zero-order valence-electron chi connectivity index (χ0n) is 10.5. The number of aliphatic carboxylic acids is 1. The summed E-state index contributed by atoms with van der Waals surface area (Å²) in [6.07, 6.45) is 2.69. The van der Waals surface area contributed by atoms with E-state index in [1.165, 1.54) is 0 Å². The Balaban J connectivity index is 2.22. The summed E-state index contributed by atoms with van der Waals surface area (Å²) in [5.41, 5.74) is 1.06. The molecular formula is C12H19N3O2. The van der Waals surface area contributed by atoms with Crippen molar-refractivity contribution in [2.45, 2.75) is 32.4 Å². The number of hydrogen-bond donors (Lipinski definition) is 1. The molecule has 1 aromatic heterocycles. The molecule has 1 aliphatic rings. The Hall–Kier alpha value is -1.36. The minimum atomic E-state index is -0.719. The molecule has 94 valence electrons.